The molecule has 0 radical (unpaired) electrons. The number of aromatic amines is 1. The molecule has 23 heavy (non-hydrogen) atoms. The van der Waals surface area contributed by atoms with Crippen molar-refractivity contribution in [2.75, 3.05) is 24.2 Å². The molecule has 5 nitrogen and oxygen atoms in total. The van der Waals surface area contributed by atoms with Crippen LogP contribution in [0.1, 0.15) is 24.0 Å². The second-order valence-electron chi connectivity index (χ2n) is 5.60. The van der Waals surface area contributed by atoms with Crippen LogP contribution >= 0.6 is 11.8 Å². The summed E-state index contributed by atoms with van der Waals surface area (Å²) in [6.45, 7) is 4.17. The molecule has 0 spiro atoms. The lowest BCUT2D eigenvalue weighted by atomic mass is 10.0. The Morgan fingerprint density at radius 3 is 2.70 bits per heavy atom. The van der Waals surface area contributed by atoms with Crippen LogP contribution in [0.4, 0.5) is 5.69 Å². The Hall–Kier alpha value is -2.26. The molecule has 118 valence electrons. The lowest BCUT2D eigenvalue weighted by Gasteiger charge is -2.19. The third kappa shape index (κ3) is 2.97. The fourth-order valence-electron chi connectivity index (χ4n) is 2.93. The Kier molecular flexibility index (Phi) is 4.39. The minimum absolute atomic E-state index is 0.0693. The number of nitriles is 1. The van der Waals surface area contributed by atoms with Crippen LogP contribution in [0.15, 0.2) is 28.2 Å². The van der Waals surface area contributed by atoms with Gasteiger partial charge in [0.25, 0.3) is 5.56 Å². The smallest absolute Gasteiger partial charge is 0.270 e. The minimum Gasteiger partial charge on any atom is -0.372 e. The maximum absolute atomic E-state index is 12.1. The van der Waals surface area contributed by atoms with Gasteiger partial charge in [0.1, 0.15) is 11.6 Å². The summed E-state index contributed by atoms with van der Waals surface area (Å²) in [5, 5.41) is 9.84. The van der Waals surface area contributed by atoms with E-state index in [1.165, 1.54) is 30.3 Å². The zero-order valence-electron chi connectivity index (χ0n) is 13.2. The number of hydrogen-bond acceptors (Lipinski definition) is 5. The van der Waals surface area contributed by atoms with E-state index in [0.29, 0.717) is 10.9 Å². The van der Waals surface area contributed by atoms with Crippen LogP contribution in [0.25, 0.3) is 11.3 Å². The Bertz CT molecular complexity index is 831. The number of benzene rings is 1. The molecule has 1 fully saturated rings. The molecule has 0 unspecified atom stereocenters. The molecule has 1 N–H and O–H groups in total. The second-order valence-corrected chi connectivity index (χ2v) is 6.40. The number of hydrogen-bond donors (Lipinski definition) is 1. The Morgan fingerprint density at radius 1 is 1.35 bits per heavy atom. The average molecular weight is 326 g/mol. The van der Waals surface area contributed by atoms with E-state index >= 15 is 0 Å². The van der Waals surface area contributed by atoms with Gasteiger partial charge in [-0.3, -0.25) is 4.79 Å². The summed E-state index contributed by atoms with van der Waals surface area (Å²) in [5.74, 6) is 0. The monoisotopic (exact) mass is 326 g/mol. The summed E-state index contributed by atoms with van der Waals surface area (Å²) in [4.78, 5) is 21.5. The van der Waals surface area contributed by atoms with Crippen LogP contribution in [0.5, 0.6) is 0 Å². The quantitative estimate of drug-likeness (QED) is 0.693. The molecule has 0 amide bonds. The zero-order chi connectivity index (χ0) is 16.4. The fraction of sp³-hybridized carbons (Fsp3) is 0.353. The van der Waals surface area contributed by atoms with Gasteiger partial charge in [0.15, 0.2) is 5.16 Å². The first-order valence-corrected chi connectivity index (χ1v) is 8.81. The number of thioether (sulfide) groups is 1. The Balaban J connectivity index is 2.10. The lowest BCUT2D eigenvalue weighted by molar-refractivity contribution is 0.936. The van der Waals surface area contributed by atoms with Crippen molar-refractivity contribution in [2.24, 2.45) is 0 Å². The van der Waals surface area contributed by atoms with Crippen LogP contribution in [-0.4, -0.2) is 29.3 Å². The second kappa shape index (κ2) is 6.47. The number of aromatic nitrogens is 2. The number of nitrogens with one attached hydrogen (secondary N) is 1. The zero-order valence-corrected chi connectivity index (χ0v) is 14.0. The van der Waals surface area contributed by atoms with Crippen molar-refractivity contribution in [1.82, 2.24) is 9.97 Å². The highest BCUT2D eigenvalue weighted by Crippen LogP contribution is 2.29. The van der Waals surface area contributed by atoms with Gasteiger partial charge in [0, 0.05) is 24.3 Å². The maximum atomic E-state index is 12.1. The summed E-state index contributed by atoms with van der Waals surface area (Å²) >= 11 is 1.36. The first-order valence-electron chi connectivity index (χ1n) is 7.58. The number of rotatable bonds is 3. The SMILES string of the molecule is CSc1nc(-c2ccc(N3CCCC3)cc2C)c(C#N)c(=O)[nH]1. The Morgan fingerprint density at radius 2 is 2.09 bits per heavy atom. The van der Waals surface area contributed by atoms with E-state index in [1.807, 2.05) is 25.3 Å². The predicted molar refractivity (Wildman–Crippen MR) is 93.0 cm³/mol. The average Bonchev–Trinajstić information content (AvgIpc) is 3.08. The summed E-state index contributed by atoms with van der Waals surface area (Å²) in [6.07, 6.45) is 4.30. The first kappa shape index (κ1) is 15.6. The van der Waals surface area contributed by atoms with E-state index in [0.717, 1.165) is 24.2 Å². The summed E-state index contributed by atoms with van der Waals surface area (Å²) in [7, 11) is 0. The number of aryl methyl sites for hydroxylation is 1. The molecule has 0 aliphatic carbocycles. The molecule has 1 aliphatic heterocycles. The maximum Gasteiger partial charge on any atom is 0.270 e. The van der Waals surface area contributed by atoms with Crippen LogP contribution < -0.4 is 10.5 Å². The molecular formula is C17H18N4OS. The summed E-state index contributed by atoms with van der Waals surface area (Å²) in [5.41, 5.74) is 3.20. The van der Waals surface area contributed by atoms with Gasteiger partial charge in [-0.05, 0) is 43.7 Å². The third-order valence-corrected chi connectivity index (χ3v) is 4.72. The van der Waals surface area contributed by atoms with Gasteiger partial charge < -0.3 is 9.88 Å². The molecule has 0 bridgehead atoms. The molecule has 0 atom stereocenters. The molecule has 0 saturated carbocycles. The van der Waals surface area contributed by atoms with Gasteiger partial charge in [0.05, 0.1) is 5.69 Å². The van der Waals surface area contributed by atoms with Crippen LogP contribution in [0, 0.1) is 18.3 Å². The number of nitrogens with zero attached hydrogens (tertiary/aromatic N) is 3. The van der Waals surface area contributed by atoms with E-state index in [1.54, 1.807) is 0 Å². The standard InChI is InChI=1S/C17H18N4OS/c1-11-9-12(21-7-3-4-8-21)5-6-13(11)15-14(10-18)16(22)20-17(19-15)23-2/h5-6,9H,3-4,7-8H2,1-2H3,(H,19,20,22). The van der Waals surface area contributed by atoms with Crippen molar-refractivity contribution in [2.45, 2.75) is 24.9 Å². The van der Waals surface area contributed by atoms with Gasteiger partial charge >= 0.3 is 0 Å². The summed E-state index contributed by atoms with van der Waals surface area (Å²) in [6, 6.07) is 8.12. The van der Waals surface area contributed by atoms with Crippen LogP contribution in [-0.2, 0) is 0 Å². The molecule has 6 heteroatoms. The highest BCUT2D eigenvalue weighted by molar-refractivity contribution is 7.98. The van der Waals surface area contributed by atoms with Crippen LogP contribution in [0.2, 0.25) is 0 Å². The van der Waals surface area contributed by atoms with E-state index in [-0.39, 0.29) is 11.1 Å². The minimum atomic E-state index is -0.384. The van der Waals surface area contributed by atoms with Gasteiger partial charge in [-0.15, -0.1) is 0 Å². The van der Waals surface area contributed by atoms with Crippen molar-refractivity contribution in [3.05, 3.63) is 39.7 Å². The first-order chi connectivity index (χ1) is 11.1. The molecular weight excluding hydrogens is 308 g/mol. The highest BCUT2D eigenvalue weighted by atomic mass is 32.2. The van der Waals surface area contributed by atoms with E-state index in [4.69, 9.17) is 0 Å². The topological polar surface area (TPSA) is 72.8 Å². The van der Waals surface area contributed by atoms with Crippen molar-refractivity contribution in [3.8, 4) is 17.3 Å². The molecule has 2 heterocycles. The van der Waals surface area contributed by atoms with Crippen LogP contribution in [0.3, 0.4) is 0 Å². The molecule has 1 saturated heterocycles. The van der Waals surface area contributed by atoms with E-state index < -0.39 is 0 Å². The lowest BCUT2D eigenvalue weighted by Crippen LogP contribution is -2.18. The molecule has 3 rings (SSSR count). The number of anilines is 1. The van der Waals surface area contributed by atoms with Gasteiger partial charge in [-0.25, -0.2) is 4.98 Å². The largest absolute Gasteiger partial charge is 0.372 e. The normalized spacial score (nSPS) is 14.0. The van der Waals surface area contributed by atoms with E-state index in [9.17, 15) is 10.1 Å². The molecule has 1 aromatic heterocycles. The third-order valence-electron chi connectivity index (χ3n) is 4.14. The van der Waals surface area contributed by atoms with Gasteiger partial charge in [-0.1, -0.05) is 17.8 Å². The van der Waals surface area contributed by atoms with Crippen molar-refractivity contribution < 1.29 is 0 Å². The van der Waals surface area contributed by atoms with Crippen molar-refractivity contribution >= 4 is 17.4 Å². The van der Waals surface area contributed by atoms with E-state index in [2.05, 4.69) is 27.0 Å². The molecule has 1 aliphatic rings. The predicted octanol–water partition coefficient (Wildman–Crippen LogP) is 2.94. The fourth-order valence-corrected chi connectivity index (χ4v) is 3.31. The number of H-pyrrole nitrogens is 1. The van der Waals surface area contributed by atoms with Gasteiger partial charge in [0.2, 0.25) is 0 Å². The summed E-state index contributed by atoms with van der Waals surface area (Å²) < 4.78 is 0. The van der Waals surface area contributed by atoms with Crippen molar-refractivity contribution in [3.63, 3.8) is 0 Å². The highest BCUT2D eigenvalue weighted by Gasteiger charge is 2.17. The molecule has 1 aromatic carbocycles. The molecule has 2 aromatic rings. The van der Waals surface area contributed by atoms with Gasteiger partial charge in [-0.2, -0.15) is 5.26 Å². The van der Waals surface area contributed by atoms with Crippen molar-refractivity contribution in [1.29, 1.82) is 5.26 Å². The Labute approximate surface area is 139 Å².